The summed E-state index contributed by atoms with van der Waals surface area (Å²) >= 11 is 0. The minimum Gasteiger partial charge on any atom is -0.308 e. The topological polar surface area (TPSA) is 104 Å². The Morgan fingerprint density at radius 3 is 2.00 bits per heavy atom. The fraction of sp³-hybridized carbons (Fsp3) is 0.323. The van der Waals surface area contributed by atoms with Gasteiger partial charge in [-0.3, -0.25) is 14.9 Å². The maximum atomic E-state index is 13.7. The average molecular weight is 631 g/mol. The van der Waals surface area contributed by atoms with Gasteiger partial charge in [-0.25, -0.2) is 0 Å². The number of amides is 2. The number of benzene rings is 3. The molecule has 14 heteroatoms. The Bertz CT molecular complexity index is 1580. The van der Waals surface area contributed by atoms with E-state index >= 15 is 0 Å². The number of carbonyl (C=O) groups excluding carboxylic acids is 2. The molecule has 3 aromatic carbocycles. The number of halogens is 6. The molecule has 0 aliphatic heterocycles. The van der Waals surface area contributed by atoms with Gasteiger partial charge >= 0.3 is 12.4 Å². The number of tetrazole rings is 1. The van der Waals surface area contributed by atoms with Crippen LogP contribution < -0.4 is 10.2 Å². The van der Waals surface area contributed by atoms with Crippen LogP contribution in [0.4, 0.5) is 38.0 Å². The third-order valence-electron chi connectivity index (χ3n) is 7.71. The summed E-state index contributed by atoms with van der Waals surface area (Å²) in [6.45, 7) is -0.0561. The zero-order chi connectivity index (χ0) is 32.2. The molecule has 0 saturated heterocycles. The van der Waals surface area contributed by atoms with E-state index in [1.807, 2.05) is 12.1 Å². The molecule has 1 saturated carbocycles. The molecule has 1 fully saturated rings. The second kappa shape index (κ2) is 13.1. The van der Waals surface area contributed by atoms with Crippen LogP contribution in [-0.4, -0.2) is 32.4 Å². The highest BCUT2D eigenvalue weighted by Crippen LogP contribution is 2.37. The van der Waals surface area contributed by atoms with Gasteiger partial charge in [0.25, 0.3) is 11.9 Å². The van der Waals surface area contributed by atoms with Gasteiger partial charge in [0.05, 0.1) is 24.1 Å². The number of aromatic nitrogens is 4. The summed E-state index contributed by atoms with van der Waals surface area (Å²) in [6.07, 6.45) is -5.26. The Kier molecular flexibility index (Phi) is 9.21. The van der Waals surface area contributed by atoms with Crippen LogP contribution in [0.5, 0.6) is 0 Å². The van der Waals surface area contributed by atoms with Crippen molar-refractivity contribution in [2.75, 3.05) is 10.2 Å². The second-order valence-corrected chi connectivity index (χ2v) is 10.9. The minimum absolute atomic E-state index is 0.0270. The molecule has 0 radical (unpaired) electrons. The first kappa shape index (κ1) is 31.7. The Labute approximate surface area is 253 Å². The highest BCUT2D eigenvalue weighted by atomic mass is 19.4. The van der Waals surface area contributed by atoms with Gasteiger partial charge in [-0.15, -0.1) is 5.10 Å². The molecular weight excluding hydrogens is 602 g/mol. The zero-order valence-corrected chi connectivity index (χ0v) is 23.8. The van der Waals surface area contributed by atoms with E-state index in [1.54, 1.807) is 24.3 Å². The predicted molar refractivity (Wildman–Crippen MR) is 152 cm³/mol. The van der Waals surface area contributed by atoms with E-state index in [0.29, 0.717) is 29.3 Å². The summed E-state index contributed by atoms with van der Waals surface area (Å²) in [4.78, 5) is 27.4. The van der Waals surface area contributed by atoms with E-state index in [9.17, 15) is 35.9 Å². The van der Waals surface area contributed by atoms with Crippen LogP contribution in [0.3, 0.4) is 0 Å². The molecule has 0 bridgehead atoms. The highest BCUT2D eigenvalue weighted by Gasteiger charge is 2.37. The van der Waals surface area contributed by atoms with Crippen LogP contribution in [0.2, 0.25) is 0 Å². The maximum Gasteiger partial charge on any atom is 0.416 e. The number of H-pyrrole nitrogens is 1. The number of alkyl halides is 6. The number of anilines is 2. The first-order valence-corrected chi connectivity index (χ1v) is 14.2. The van der Waals surface area contributed by atoms with Gasteiger partial charge in [-0.05, 0) is 83.1 Å². The Balaban J connectivity index is 1.42. The maximum absolute atomic E-state index is 13.7. The van der Waals surface area contributed by atoms with Crippen molar-refractivity contribution >= 4 is 23.5 Å². The molecule has 2 N–H and O–H groups in total. The Hall–Kier alpha value is -4.75. The molecule has 236 valence electrons. The summed E-state index contributed by atoms with van der Waals surface area (Å²) in [7, 11) is 0. The van der Waals surface area contributed by atoms with Crippen LogP contribution in [0.25, 0.3) is 0 Å². The van der Waals surface area contributed by atoms with Crippen LogP contribution in [0.15, 0.2) is 66.7 Å². The van der Waals surface area contributed by atoms with Crippen molar-refractivity contribution in [2.24, 2.45) is 0 Å². The number of hydrogen-bond acceptors (Lipinski definition) is 5. The molecule has 2 amide bonds. The van der Waals surface area contributed by atoms with E-state index in [0.717, 1.165) is 31.2 Å². The van der Waals surface area contributed by atoms with Crippen molar-refractivity contribution in [3.8, 4) is 0 Å². The average Bonchev–Trinajstić information content (AvgIpc) is 3.53. The lowest BCUT2D eigenvalue weighted by Gasteiger charge is -2.26. The zero-order valence-electron chi connectivity index (χ0n) is 23.8. The molecule has 1 aromatic heterocycles. The van der Waals surface area contributed by atoms with Crippen molar-refractivity contribution in [1.82, 2.24) is 20.6 Å². The van der Waals surface area contributed by atoms with Crippen molar-refractivity contribution in [3.05, 3.63) is 100 Å². The SMILES string of the molecule is O=C(Nc1nn[nH]n1)c1ccc(CN(C(=O)Cc2cc(C(F)(F)F)cc(C(F)(F)F)c2)c2ccc(C3CCCCC3)cc2)cc1. The van der Waals surface area contributed by atoms with E-state index < -0.39 is 47.3 Å². The quantitative estimate of drug-likeness (QED) is 0.199. The number of hydrogen-bond donors (Lipinski definition) is 2. The third kappa shape index (κ3) is 8.05. The van der Waals surface area contributed by atoms with Gasteiger partial charge in [0.2, 0.25) is 5.91 Å². The third-order valence-corrected chi connectivity index (χ3v) is 7.71. The lowest BCUT2D eigenvalue weighted by Crippen LogP contribution is -2.32. The smallest absolute Gasteiger partial charge is 0.308 e. The van der Waals surface area contributed by atoms with E-state index in [2.05, 4.69) is 25.9 Å². The van der Waals surface area contributed by atoms with E-state index in [1.165, 1.54) is 23.5 Å². The molecule has 4 aromatic rings. The normalized spacial score (nSPS) is 14.3. The molecule has 5 rings (SSSR count). The van der Waals surface area contributed by atoms with Crippen molar-refractivity contribution in [2.45, 2.75) is 63.3 Å². The number of rotatable bonds is 8. The lowest BCUT2D eigenvalue weighted by atomic mass is 9.84. The first-order chi connectivity index (χ1) is 21.4. The van der Waals surface area contributed by atoms with Crippen molar-refractivity contribution < 1.29 is 35.9 Å². The van der Waals surface area contributed by atoms with Gasteiger partial charge < -0.3 is 4.90 Å². The summed E-state index contributed by atoms with van der Waals surface area (Å²) in [5.74, 6) is -0.860. The van der Waals surface area contributed by atoms with Gasteiger partial charge in [0.15, 0.2) is 0 Å². The number of carbonyl (C=O) groups is 2. The summed E-state index contributed by atoms with van der Waals surface area (Å²) in [5.41, 5.74) is -1.04. The molecule has 0 atom stereocenters. The standard InChI is InChI=1S/C31H28F6N6O2/c32-30(33,34)24-14-20(15-25(17-24)31(35,36)37)16-27(44)43(26-12-10-22(11-13-26)21-4-2-1-3-5-21)18-19-6-8-23(9-7-19)28(45)38-29-39-41-42-40-29/h6-15,17,21H,1-5,16,18H2,(H2,38,39,40,41,42,45). The largest absolute Gasteiger partial charge is 0.416 e. The molecule has 8 nitrogen and oxygen atoms in total. The molecule has 0 spiro atoms. The molecule has 45 heavy (non-hydrogen) atoms. The molecule has 0 unspecified atom stereocenters. The fourth-order valence-corrected chi connectivity index (χ4v) is 5.41. The van der Waals surface area contributed by atoms with Gasteiger partial charge in [0.1, 0.15) is 0 Å². The van der Waals surface area contributed by atoms with Crippen molar-refractivity contribution in [3.63, 3.8) is 0 Å². The van der Waals surface area contributed by atoms with E-state index in [4.69, 9.17) is 0 Å². The lowest BCUT2D eigenvalue weighted by molar-refractivity contribution is -0.143. The summed E-state index contributed by atoms with van der Waals surface area (Å²) < 4.78 is 80.8. The first-order valence-electron chi connectivity index (χ1n) is 14.2. The van der Waals surface area contributed by atoms with Gasteiger partial charge in [0, 0.05) is 11.3 Å². The van der Waals surface area contributed by atoms with Crippen molar-refractivity contribution in [1.29, 1.82) is 0 Å². The predicted octanol–water partition coefficient (Wildman–Crippen LogP) is 7.31. The minimum atomic E-state index is -5.04. The molecule has 1 aliphatic rings. The van der Waals surface area contributed by atoms with E-state index in [-0.39, 0.29) is 24.1 Å². The Morgan fingerprint density at radius 2 is 1.44 bits per heavy atom. The number of aromatic amines is 1. The molecule has 1 aliphatic carbocycles. The van der Waals surface area contributed by atoms with Gasteiger partial charge in [-0.1, -0.05) is 48.6 Å². The molecular formula is C31H28F6N6O2. The molecule has 1 heterocycles. The Morgan fingerprint density at radius 1 is 0.822 bits per heavy atom. The number of nitrogens with one attached hydrogen (secondary N) is 2. The summed E-state index contributed by atoms with van der Waals surface area (Å²) in [6, 6.07) is 14.6. The van der Waals surface area contributed by atoms with Crippen LogP contribution in [0, 0.1) is 0 Å². The number of nitrogens with zero attached hydrogens (tertiary/aromatic N) is 4. The summed E-state index contributed by atoms with van der Waals surface area (Å²) in [5, 5.41) is 15.3. The van der Waals surface area contributed by atoms with Gasteiger partial charge in [-0.2, -0.15) is 31.6 Å². The van der Waals surface area contributed by atoms with Crippen LogP contribution in [0.1, 0.15) is 76.2 Å². The second-order valence-electron chi connectivity index (χ2n) is 10.9. The monoisotopic (exact) mass is 630 g/mol. The fourth-order valence-electron chi connectivity index (χ4n) is 5.41. The van der Waals surface area contributed by atoms with Crippen LogP contribution >= 0.6 is 0 Å². The van der Waals surface area contributed by atoms with Crippen LogP contribution in [-0.2, 0) is 30.1 Å². The highest BCUT2D eigenvalue weighted by molar-refractivity contribution is 6.03.